The second-order valence-corrected chi connectivity index (χ2v) is 7.10. The molecule has 1 aliphatic heterocycles. The Kier molecular flexibility index (Phi) is 4.53. The molecule has 8 heteroatoms. The van der Waals surface area contributed by atoms with Crippen LogP contribution in [0.4, 0.5) is 0 Å². The molecule has 6 nitrogen and oxygen atoms in total. The fourth-order valence-electron chi connectivity index (χ4n) is 3.60. The zero-order valence-electron chi connectivity index (χ0n) is 14.0. The molecule has 2 heterocycles. The number of para-hydroxylation sites is 3. The molecule has 0 bridgehead atoms. The molecule has 1 aromatic heterocycles. The minimum Gasteiger partial charge on any atom is -0.480 e. The standard InChI is InChI=1S/C19H14Cl2N2O4/c20-16(24)10-23-14-7-3-2-6-13(14)22(19(23)26)9-12-11-5-1-4-8-15(11)27-17(12)18(21)25/h1-8,12,17H,9-10H2. The van der Waals surface area contributed by atoms with Gasteiger partial charge >= 0.3 is 5.69 Å². The van der Waals surface area contributed by atoms with Crippen molar-refractivity contribution in [2.75, 3.05) is 0 Å². The molecule has 0 fully saturated rings. The van der Waals surface area contributed by atoms with Crippen molar-refractivity contribution in [1.82, 2.24) is 9.13 Å². The number of halogens is 2. The Morgan fingerprint density at radius 3 is 2.26 bits per heavy atom. The molecule has 3 aromatic rings. The van der Waals surface area contributed by atoms with Crippen LogP contribution in [0.1, 0.15) is 11.5 Å². The summed E-state index contributed by atoms with van der Waals surface area (Å²) in [5.74, 6) is 0.157. The molecule has 0 saturated heterocycles. The Balaban J connectivity index is 1.84. The maximum atomic E-state index is 13.0. The van der Waals surface area contributed by atoms with Gasteiger partial charge < -0.3 is 4.74 Å². The van der Waals surface area contributed by atoms with Crippen LogP contribution in [-0.4, -0.2) is 25.7 Å². The number of benzene rings is 2. The van der Waals surface area contributed by atoms with Crippen molar-refractivity contribution in [3.8, 4) is 5.75 Å². The first-order valence-electron chi connectivity index (χ1n) is 8.28. The van der Waals surface area contributed by atoms with E-state index in [0.717, 1.165) is 5.56 Å². The smallest absolute Gasteiger partial charge is 0.329 e. The van der Waals surface area contributed by atoms with Crippen molar-refractivity contribution >= 4 is 44.7 Å². The van der Waals surface area contributed by atoms with Crippen LogP contribution in [0.25, 0.3) is 11.0 Å². The van der Waals surface area contributed by atoms with Crippen LogP contribution in [0.3, 0.4) is 0 Å². The molecule has 2 aromatic carbocycles. The topological polar surface area (TPSA) is 70.3 Å². The molecule has 27 heavy (non-hydrogen) atoms. The van der Waals surface area contributed by atoms with Crippen LogP contribution < -0.4 is 10.4 Å². The minimum atomic E-state index is -0.882. The van der Waals surface area contributed by atoms with Gasteiger partial charge in [0, 0.05) is 12.1 Å². The van der Waals surface area contributed by atoms with E-state index in [2.05, 4.69) is 0 Å². The number of nitrogens with zero attached hydrogens (tertiary/aromatic N) is 2. The van der Waals surface area contributed by atoms with Crippen LogP contribution in [0.15, 0.2) is 53.3 Å². The summed E-state index contributed by atoms with van der Waals surface area (Å²) in [5, 5.41) is -1.26. The SMILES string of the molecule is O=C(Cl)Cn1c(=O)n(CC2c3ccccc3OC2C(=O)Cl)c2ccccc21. The predicted molar refractivity (Wildman–Crippen MR) is 102 cm³/mol. The summed E-state index contributed by atoms with van der Waals surface area (Å²) in [7, 11) is 0. The Morgan fingerprint density at radius 1 is 0.963 bits per heavy atom. The lowest BCUT2D eigenvalue weighted by molar-refractivity contribution is -0.118. The lowest BCUT2D eigenvalue weighted by Crippen LogP contribution is -2.33. The van der Waals surface area contributed by atoms with Crippen LogP contribution >= 0.6 is 23.2 Å². The van der Waals surface area contributed by atoms with Gasteiger partial charge in [-0.05, 0) is 41.4 Å². The van der Waals surface area contributed by atoms with Gasteiger partial charge in [-0.15, -0.1) is 0 Å². The van der Waals surface area contributed by atoms with Crippen molar-refractivity contribution in [2.45, 2.75) is 25.1 Å². The maximum Gasteiger partial charge on any atom is 0.329 e. The first-order chi connectivity index (χ1) is 13.0. The number of fused-ring (bicyclic) bond motifs is 2. The summed E-state index contributed by atoms with van der Waals surface area (Å²) in [5.41, 5.74) is 1.67. The highest BCUT2D eigenvalue weighted by molar-refractivity contribution is 6.64. The molecule has 0 spiro atoms. The van der Waals surface area contributed by atoms with E-state index < -0.39 is 22.5 Å². The first-order valence-corrected chi connectivity index (χ1v) is 9.04. The fourth-order valence-corrected chi connectivity index (χ4v) is 3.91. The summed E-state index contributed by atoms with van der Waals surface area (Å²) >= 11 is 11.3. The highest BCUT2D eigenvalue weighted by atomic mass is 35.5. The number of rotatable bonds is 5. The Morgan fingerprint density at radius 2 is 1.59 bits per heavy atom. The third-order valence-electron chi connectivity index (χ3n) is 4.75. The van der Waals surface area contributed by atoms with E-state index >= 15 is 0 Å². The zero-order chi connectivity index (χ0) is 19.1. The number of hydrogen-bond acceptors (Lipinski definition) is 4. The lowest BCUT2D eigenvalue weighted by atomic mass is 9.96. The molecule has 138 valence electrons. The van der Waals surface area contributed by atoms with Gasteiger partial charge in [-0.3, -0.25) is 18.7 Å². The van der Waals surface area contributed by atoms with E-state index in [0.29, 0.717) is 16.8 Å². The van der Waals surface area contributed by atoms with Crippen LogP contribution in [-0.2, 0) is 22.7 Å². The quantitative estimate of drug-likeness (QED) is 0.613. The van der Waals surface area contributed by atoms with Crippen molar-refractivity contribution < 1.29 is 14.3 Å². The van der Waals surface area contributed by atoms with Gasteiger partial charge in [-0.1, -0.05) is 30.3 Å². The Bertz CT molecular complexity index is 1120. The zero-order valence-corrected chi connectivity index (χ0v) is 15.5. The molecule has 0 aliphatic carbocycles. The van der Waals surface area contributed by atoms with Crippen molar-refractivity contribution in [3.63, 3.8) is 0 Å². The molecule has 4 rings (SSSR count). The number of ether oxygens (including phenoxy) is 1. The van der Waals surface area contributed by atoms with E-state index in [-0.39, 0.29) is 18.8 Å². The number of carbonyl (C=O) groups is 2. The number of aromatic nitrogens is 2. The summed E-state index contributed by atoms with van der Waals surface area (Å²) < 4.78 is 8.55. The summed E-state index contributed by atoms with van der Waals surface area (Å²) in [4.78, 5) is 36.2. The lowest BCUT2D eigenvalue weighted by Gasteiger charge is -2.16. The van der Waals surface area contributed by atoms with Crippen LogP contribution in [0.5, 0.6) is 5.75 Å². The third kappa shape index (κ3) is 3.05. The predicted octanol–water partition coefficient (Wildman–Crippen LogP) is 2.88. The highest BCUT2D eigenvalue weighted by Crippen LogP contribution is 2.40. The molecule has 2 atom stereocenters. The number of imidazole rings is 1. The van der Waals surface area contributed by atoms with Gasteiger partial charge in [0.05, 0.1) is 17.0 Å². The highest BCUT2D eigenvalue weighted by Gasteiger charge is 2.39. The van der Waals surface area contributed by atoms with Crippen molar-refractivity contribution in [2.24, 2.45) is 0 Å². The fraction of sp³-hybridized carbons (Fsp3) is 0.211. The van der Waals surface area contributed by atoms with Gasteiger partial charge in [0.25, 0.3) is 5.24 Å². The summed E-state index contributed by atoms with van der Waals surface area (Å²) in [6.45, 7) is -0.0491. The third-order valence-corrected chi connectivity index (χ3v) is 5.08. The summed E-state index contributed by atoms with van der Waals surface area (Å²) in [6, 6.07) is 14.4. The summed E-state index contributed by atoms with van der Waals surface area (Å²) in [6.07, 6.45) is -0.882. The molecular formula is C19H14Cl2N2O4. The minimum absolute atomic E-state index is 0.183. The van der Waals surface area contributed by atoms with E-state index in [9.17, 15) is 14.4 Å². The average molecular weight is 405 g/mol. The van der Waals surface area contributed by atoms with E-state index in [1.54, 1.807) is 36.4 Å². The number of hydrogen-bond donors (Lipinski definition) is 0. The molecule has 0 saturated carbocycles. The second kappa shape index (κ2) is 6.87. The average Bonchev–Trinajstić information content (AvgIpc) is 3.13. The molecule has 0 amide bonds. The van der Waals surface area contributed by atoms with E-state index in [4.69, 9.17) is 27.9 Å². The van der Waals surface area contributed by atoms with Gasteiger partial charge in [0.2, 0.25) is 5.24 Å². The molecule has 1 aliphatic rings. The molecule has 0 N–H and O–H groups in total. The Labute approximate surface area is 163 Å². The van der Waals surface area contributed by atoms with Gasteiger partial charge in [-0.2, -0.15) is 0 Å². The molecule has 2 unspecified atom stereocenters. The van der Waals surface area contributed by atoms with Crippen molar-refractivity contribution in [1.29, 1.82) is 0 Å². The van der Waals surface area contributed by atoms with Gasteiger partial charge in [-0.25, -0.2) is 4.79 Å². The van der Waals surface area contributed by atoms with E-state index in [1.807, 2.05) is 12.1 Å². The maximum absolute atomic E-state index is 13.0. The largest absolute Gasteiger partial charge is 0.480 e. The van der Waals surface area contributed by atoms with Crippen LogP contribution in [0.2, 0.25) is 0 Å². The second-order valence-electron chi connectivity index (χ2n) is 6.31. The van der Waals surface area contributed by atoms with Crippen LogP contribution in [0, 0.1) is 0 Å². The Hall–Kier alpha value is -2.57. The monoisotopic (exact) mass is 404 g/mol. The van der Waals surface area contributed by atoms with E-state index in [1.165, 1.54) is 9.13 Å². The molecule has 0 radical (unpaired) electrons. The normalized spacial score (nSPS) is 18.3. The van der Waals surface area contributed by atoms with Crippen molar-refractivity contribution in [3.05, 3.63) is 64.6 Å². The van der Waals surface area contributed by atoms with Gasteiger partial charge in [0.1, 0.15) is 12.3 Å². The number of carbonyl (C=O) groups excluding carboxylic acids is 2. The first kappa shape index (κ1) is 17.8. The molecular weight excluding hydrogens is 391 g/mol. The van der Waals surface area contributed by atoms with Gasteiger partial charge in [0.15, 0.2) is 6.10 Å².